The molecule has 1 atom stereocenters. The molecule has 39 heavy (non-hydrogen) atoms. The summed E-state index contributed by atoms with van der Waals surface area (Å²) < 4.78 is 11.2. The number of benzene rings is 1. The minimum absolute atomic E-state index is 0.0229. The molecule has 1 saturated heterocycles. The Hall–Kier alpha value is -4.16. The number of fused-ring (bicyclic) bond motifs is 1. The van der Waals surface area contributed by atoms with Gasteiger partial charge in [-0.2, -0.15) is 5.10 Å². The van der Waals surface area contributed by atoms with Gasteiger partial charge in [-0.05, 0) is 29.7 Å². The van der Waals surface area contributed by atoms with Gasteiger partial charge in [0.2, 0.25) is 11.8 Å². The van der Waals surface area contributed by atoms with E-state index in [0.29, 0.717) is 17.9 Å². The summed E-state index contributed by atoms with van der Waals surface area (Å²) in [5, 5.41) is 21.1. The van der Waals surface area contributed by atoms with Gasteiger partial charge < -0.3 is 19.8 Å². The summed E-state index contributed by atoms with van der Waals surface area (Å²) in [6.45, 7) is 8.92. The van der Waals surface area contributed by atoms with E-state index in [2.05, 4.69) is 53.0 Å². The smallest absolute Gasteiger partial charge is 0.309 e. The van der Waals surface area contributed by atoms with Gasteiger partial charge in [-0.25, -0.2) is 9.97 Å². The number of nitrogens with one attached hydrogen (secondary N) is 3. The molecular formula is C27H31N9O3. The number of carbonyl (C=O) groups excluding carboxylic acids is 1. The van der Waals surface area contributed by atoms with Crippen LogP contribution in [0.25, 0.3) is 11.3 Å². The van der Waals surface area contributed by atoms with E-state index >= 15 is 0 Å². The number of amides is 1. The van der Waals surface area contributed by atoms with Crippen molar-refractivity contribution in [2.24, 2.45) is 0 Å². The van der Waals surface area contributed by atoms with Gasteiger partial charge in [0.15, 0.2) is 0 Å². The number of aromatic amines is 1. The highest BCUT2D eigenvalue weighted by Gasteiger charge is 2.32. The SMILES string of the molecule is CC(C)(C)c1nnc(C(=O)N[C@H]2CCN(C3COC3)Cc3cc(-c4ccnc(Nc5cn[nH]c5)n4)ccc32)o1. The number of nitrogens with zero attached hydrogens (tertiary/aromatic N) is 6. The van der Waals surface area contributed by atoms with Crippen molar-refractivity contribution < 1.29 is 13.9 Å². The Labute approximate surface area is 225 Å². The molecule has 1 amide bonds. The lowest BCUT2D eigenvalue weighted by molar-refractivity contribution is -0.0678. The van der Waals surface area contributed by atoms with Gasteiger partial charge in [0, 0.05) is 36.5 Å². The minimum atomic E-state index is -0.371. The van der Waals surface area contributed by atoms with E-state index in [9.17, 15) is 4.79 Å². The maximum absolute atomic E-state index is 13.1. The third-order valence-corrected chi connectivity index (χ3v) is 7.01. The van der Waals surface area contributed by atoms with Crippen molar-refractivity contribution in [2.75, 3.05) is 25.1 Å². The summed E-state index contributed by atoms with van der Waals surface area (Å²) in [6, 6.07) is 8.32. The van der Waals surface area contributed by atoms with Crippen LogP contribution in [0.15, 0.2) is 47.3 Å². The third kappa shape index (κ3) is 5.38. The Balaban J connectivity index is 1.28. The van der Waals surface area contributed by atoms with Crippen molar-refractivity contribution in [1.29, 1.82) is 0 Å². The van der Waals surface area contributed by atoms with Gasteiger partial charge in [-0.15, -0.1) is 10.2 Å². The van der Waals surface area contributed by atoms with E-state index in [-0.39, 0.29) is 23.3 Å². The van der Waals surface area contributed by atoms with Crippen LogP contribution in [0.2, 0.25) is 0 Å². The Kier molecular flexibility index (Phi) is 6.57. The Morgan fingerprint density at radius 3 is 2.77 bits per heavy atom. The summed E-state index contributed by atoms with van der Waals surface area (Å²) in [4.78, 5) is 24.6. The zero-order chi connectivity index (χ0) is 27.0. The lowest BCUT2D eigenvalue weighted by atomic mass is 9.96. The second kappa shape index (κ2) is 10.2. The maximum atomic E-state index is 13.1. The molecule has 0 saturated carbocycles. The van der Waals surface area contributed by atoms with E-state index in [1.165, 1.54) is 0 Å². The second-order valence-electron chi connectivity index (χ2n) is 10.9. The van der Waals surface area contributed by atoms with Gasteiger partial charge in [0.05, 0.1) is 42.9 Å². The Morgan fingerprint density at radius 2 is 2.05 bits per heavy atom. The topological polar surface area (TPSA) is 147 Å². The molecule has 202 valence electrons. The van der Waals surface area contributed by atoms with Crippen molar-refractivity contribution >= 4 is 17.5 Å². The van der Waals surface area contributed by atoms with Crippen molar-refractivity contribution in [1.82, 2.24) is 40.6 Å². The summed E-state index contributed by atoms with van der Waals surface area (Å²) in [5.74, 6) is 0.520. The highest BCUT2D eigenvalue weighted by atomic mass is 16.5. The highest BCUT2D eigenvalue weighted by Crippen LogP contribution is 2.32. The van der Waals surface area contributed by atoms with Gasteiger partial charge in [0.25, 0.3) is 0 Å². The number of ether oxygens (including phenoxy) is 1. The van der Waals surface area contributed by atoms with Crippen LogP contribution in [-0.2, 0) is 16.7 Å². The van der Waals surface area contributed by atoms with E-state index in [1.807, 2.05) is 32.9 Å². The first kappa shape index (κ1) is 25.1. The number of aromatic nitrogens is 6. The number of carbonyl (C=O) groups is 1. The molecule has 3 aromatic heterocycles. The molecule has 1 aromatic carbocycles. The normalized spacial score (nSPS) is 18.2. The molecule has 0 aliphatic carbocycles. The van der Waals surface area contributed by atoms with Crippen LogP contribution >= 0.6 is 0 Å². The zero-order valence-electron chi connectivity index (χ0n) is 22.1. The van der Waals surface area contributed by atoms with E-state index in [0.717, 1.165) is 60.8 Å². The van der Waals surface area contributed by atoms with Gasteiger partial charge in [-0.1, -0.05) is 32.9 Å². The van der Waals surface area contributed by atoms with Crippen LogP contribution in [0.1, 0.15) is 60.9 Å². The largest absolute Gasteiger partial charge is 0.416 e. The maximum Gasteiger partial charge on any atom is 0.309 e. The van der Waals surface area contributed by atoms with Crippen molar-refractivity contribution in [2.45, 2.75) is 51.2 Å². The predicted molar refractivity (Wildman–Crippen MR) is 142 cm³/mol. The number of rotatable bonds is 6. The van der Waals surface area contributed by atoms with Crippen LogP contribution in [-0.4, -0.2) is 67.0 Å². The molecule has 4 aromatic rings. The van der Waals surface area contributed by atoms with Gasteiger partial charge in [0.1, 0.15) is 0 Å². The molecule has 1 fully saturated rings. The molecule has 12 heteroatoms. The number of hydrogen-bond donors (Lipinski definition) is 3. The first-order valence-electron chi connectivity index (χ1n) is 13.0. The minimum Gasteiger partial charge on any atom is -0.416 e. The average Bonchev–Trinajstić information content (AvgIpc) is 3.55. The molecule has 0 bridgehead atoms. The molecular weight excluding hydrogens is 498 g/mol. The van der Waals surface area contributed by atoms with Crippen molar-refractivity contribution in [3.63, 3.8) is 0 Å². The quantitative estimate of drug-likeness (QED) is 0.340. The second-order valence-corrected chi connectivity index (χ2v) is 10.9. The molecule has 3 N–H and O–H groups in total. The molecule has 2 aliphatic heterocycles. The monoisotopic (exact) mass is 529 g/mol. The lowest BCUT2D eigenvalue weighted by Crippen LogP contribution is -2.48. The fourth-order valence-electron chi connectivity index (χ4n) is 4.75. The van der Waals surface area contributed by atoms with Crippen LogP contribution in [0.3, 0.4) is 0 Å². The number of hydrogen-bond acceptors (Lipinski definition) is 10. The molecule has 2 aliphatic rings. The predicted octanol–water partition coefficient (Wildman–Crippen LogP) is 3.37. The van der Waals surface area contributed by atoms with Crippen LogP contribution < -0.4 is 10.6 Å². The first-order chi connectivity index (χ1) is 18.8. The Bertz CT molecular complexity index is 1460. The van der Waals surface area contributed by atoms with E-state index in [4.69, 9.17) is 14.1 Å². The van der Waals surface area contributed by atoms with E-state index in [1.54, 1.807) is 18.6 Å². The third-order valence-electron chi connectivity index (χ3n) is 7.01. The fourth-order valence-corrected chi connectivity index (χ4v) is 4.75. The number of H-pyrrole nitrogens is 1. The average molecular weight is 530 g/mol. The van der Waals surface area contributed by atoms with Crippen LogP contribution in [0.4, 0.5) is 11.6 Å². The van der Waals surface area contributed by atoms with Crippen LogP contribution in [0, 0.1) is 0 Å². The standard InChI is InChI=1S/C27H31N9O3/c1-27(2,3)25-35-34-24(39-25)23(37)32-22-7-9-36(19-14-38-15-19)13-17-10-16(4-5-20(17)22)21-6-8-28-26(33-21)31-18-11-29-30-12-18/h4-6,8,10-12,19,22H,7,9,13-15H2,1-3H3,(H,29,30)(H,32,37)(H,28,31,33)/t22-/m0/s1. The summed E-state index contributed by atoms with van der Waals surface area (Å²) in [5.41, 5.74) is 4.40. The molecule has 0 radical (unpaired) electrons. The molecule has 12 nitrogen and oxygen atoms in total. The summed E-state index contributed by atoms with van der Waals surface area (Å²) >= 11 is 0. The summed E-state index contributed by atoms with van der Waals surface area (Å²) in [6.07, 6.45) is 5.89. The lowest BCUT2D eigenvalue weighted by Gasteiger charge is -2.36. The molecule has 6 rings (SSSR count). The van der Waals surface area contributed by atoms with E-state index < -0.39 is 0 Å². The molecule has 0 unspecified atom stereocenters. The summed E-state index contributed by atoms with van der Waals surface area (Å²) in [7, 11) is 0. The fraction of sp³-hybridized carbons (Fsp3) is 0.407. The van der Waals surface area contributed by atoms with Gasteiger partial charge in [-0.3, -0.25) is 14.8 Å². The van der Waals surface area contributed by atoms with Crippen LogP contribution in [0.5, 0.6) is 0 Å². The highest BCUT2D eigenvalue weighted by molar-refractivity contribution is 5.89. The number of anilines is 2. The van der Waals surface area contributed by atoms with Gasteiger partial charge >= 0.3 is 11.8 Å². The van der Waals surface area contributed by atoms with Crippen molar-refractivity contribution in [3.8, 4) is 11.3 Å². The molecule has 0 spiro atoms. The first-order valence-corrected chi connectivity index (χ1v) is 13.0. The molecule has 5 heterocycles. The Morgan fingerprint density at radius 1 is 1.18 bits per heavy atom. The zero-order valence-corrected chi connectivity index (χ0v) is 22.1. The van der Waals surface area contributed by atoms with Crippen molar-refractivity contribution in [3.05, 3.63) is 65.8 Å².